The van der Waals surface area contributed by atoms with Gasteiger partial charge in [-0.3, -0.25) is 4.79 Å². The topological polar surface area (TPSA) is 116 Å². The summed E-state index contributed by atoms with van der Waals surface area (Å²) in [7, 11) is -3.74. The van der Waals surface area contributed by atoms with Crippen molar-refractivity contribution < 1.29 is 23.4 Å². The van der Waals surface area contributed by atoms with Crippen LogP contribution in [0.1, 0.15) is 6.92 Å². The van der Waals surface area contributed by atoms with Crippen molar-refractivity contribution in [3.05, 3.63) is 30.3 Å². The summed E-state index contributed by atoms with van der Waals surface area (Å²) in [5.41, 5.74) is -1.44. The van der Waals surface area contributed by atoms with Gasteiger partial charge in [0, 0.05) is 6.54 Å². The molecule has 1 amide bonds. The Bertz CT molecular complexity index is 542. The summed E-state index contributed by atoms with van der Waals surface area (Å²) in [5.74, 6) is -0.599. The highest BCUT2D eigenvalue weighted by Gasteiger charge is 2.20. The number of hydrogen-bond acceptors (Lipinski definition) is 5. The molecule has 112 valence electrons. The summed E-state index contributed by atoms with van der Waals surface area (Å²) >= 11 is 0. The van der Waals surface area contributed by atoms with Crippen LogP contribution in [0.5, 0.6) is 0 Å². The number of carbonyl (C=O) groups excluding carboxylic acids is 1. The molecular formula is C12H18N2O5S. The van der Waals surface area contributed by atoms with Crippen LogP contribution in [0.3, 0.4) is 0 Å². The van der Waals surface area contributed by atoms with Gasteiger partial charge in [-0.1, -0.05) is 18.2 Å². The standard InChI is InChI=1S/C12H18N2O5S/c1-12(17,9-15)8-13-11(16)7-14-20(18,19)10-5-3-2-4-6-10/h2-6,14-15,17H,7-9H2,1H3,(H,13,16). The molecule has 0 saturated heterocycles. The zero-order chi connectivity index (χ0) is 15.2. The van der Waals surface area contributed by atoms with Crippen LogP contribution in [0.15, 0.2) is 35.2 Å². The van der Waals surface area contributed by atoms with E-state index in [0.717, 1.165) is 0 Å². The Kier molecular flexibility index (Phi) is 5.63. The van der Waals surface area contributed by atoms with Crippen molar-refractivity contribution in [2.24, 2.45) is 0 Å². The van der Waals surface area contributed by atoms with E-state index in [1.54, 1.807) is 18.2 Å². The lowest BCUT2D eigenvalue weighted by Gasteiger charge is -2.20. The number of sulfonamides is 1. The molecule has 0 aliphatic carbocycles. The van der Waals surface area contributed by atoms with Crippen molar-refractivity contribution >= 4 is 15.9 Å². The average molecular weight is 302 g/mol. The first-order valence-electron chi connectivity index (χ1n) is 5.91. The summed E-state index contributed by atoms with van der Waals surface area (Å²) < 4.78 is 25.8. The number of aliphatic hydroxyl groups is 2. The second-order valence-corrected chi connectivity index (χ2v) is 6.34. The van der Waals surface area contributed by atoms with Crippen LogP contribution in [0, 0.1) is 0 Å². The maximum Gasteiger partial charge on any atom is 0.241 e. The highest BCUT2D eigenvalue weighted by molar-refractivity contribution is 7.89. The predicted molar refractivity (Wildman–Crippen MR) is 72.3 cm³/mol. The van der Waals surface area contributed by atoms with Crippen molar-refractivity contribution in [3.8, 4) is 0 Å². The molecule has 0 fully saturated rings. The van der Waals surface area contributed by atoms with E-state index in [1.165, 1.54) is 19.1 Å². The number of benzene rings is 1. The van der Waals surface area contributed by atoms with Crippen LogP contribution in [-0.2, 0) is 14.8 Å². The van der Waals surface area contributed by atoms with Crippen molar-refractivity contribution in [2.75, 3.05) is 19.7 Å². The number of nitrogens with one attached hydrogen (secondary N) is 2. The van der Waals surface area contributed by atoms with Crippen molar-refractivity contribution in [2.45, 2.75) is 17.4 Å². The molecule has 0 heterocycles. The van der Waals surface area contributed by atoms with Gasteiger partial charge < -0.3 is 15.5 Å². The molecule has 1 unspecified atom stereocenters. The second kappa shape index (κ2) is 6.80. The molecule has 8 heteroatoms. The van der Waals surface area contributed by atoms with Crippen LogP contribution < -0.4 is 10.0 Å². The summed E-state index contributed by atoms with van der Waals surface area (Å²) in [4.78, 5) is 11.5. The van der Waals surface area contributed by atoms with Gasteiger partial charge in [0.25, 0.3) is 0 Å². The summed E-state index contributed by atoms with van der Waals surface area (Å²) in [6.07, 6.45) is 0. The highest BCUT2D eigenvalue weighted by Crippen LogP contribution is 2.06. The molecule has 0 saturated carbocycles. The smallest absolute Gasteiger partial charge is 0.241 e. The largest absolute Gasteiger partial charge is 0.393 e. The molecule has 0 spiro atoms. The molecule has 1 atom stereocenters. The highest BCUT2D eigenvalue weighted by atomic mass is 32.2. The Labute approximate surface area is 117 Å². The molecule has 1 aromatic rings. The number of carbonyl (C=O) groups is 1. The number of amides is 1. The zero-order valence-corrected chi connectivity index (χ0v) is 11.9. The minimum absolute atomic E-state index is 0.0650. The zero-order valence-electron chi connectivity index (χ0n) is 11.0. The fourth-order valence-electron chi connectivity index (χ4n) is 1.25. The summed E-state index contributed by atoms with van der Waals surface area (Å²) in [5, 5.41) is 20.6. The van der Waals surface area contributed by atoms with E-state index in [4.69, 9.17) is 5.11 Å². The monoisotopic (exact) mass is 302 g/mol. The second-order valence-electron chi connectivity index (χ2n) is 4.57. The molecule has 0 aliphatic rings. The Hall–Kier alpha value is -1.48. The fraction of sp³-hybridized carbons (Fsp3) is 0.417. The van der Waals surface area contributed by atoms with Gasteiger partial charge in [0.15, 0.2) is 0 Å². The Morgan fingerprint density at radius 3 is 2.45 bits per heavy atom. The first-order chi connectivity index (χ1) is 9.27. The van der Waals surface area contributed by atoms with E-state index in [2.05, 4.69) is 10.0 Å². The lowest BCUT2D eigenvalue weighted by molar-refractivity contribution is -0.121. The minimum atomic E-state index is -3.74. The van der Waals surface area contributed by atoms with Gasteiger partial charge in [-0.25, -0.2) is 13.1 Å². The van der Waals surface area contributed by atoms with Crippen LogP contribution in [0.2, 0.25) is 0 Å². The van der Waals surface area contributed by atoms with E-state index in [1.807, 2.05) is 0 Å². The third-order valence-corrected chi connectivity index (χ3v) is 3.90. The van der Waals surface area contributed by atoms with Gasteiger partial charge in [-0.2, -0.15) is 0 Å². The molecule has 0 aromatic heterocycles. The molecule has 0 aliphatic heterocycles. The molecule has 4 N–H and O–H groups in total. The SMILES string of the molecule is CC(O)(CO)CNC(=O)CNS(=O)(=O)c1ccccc1. The molecule has 1 aromatic carbocycles. The predicted octanol–water partition coefficient (Wildman–Crippen LogP) is -1.18. The van der Waals surface area contributed by atoms with Crippen LogP contribution in [0.4, 0.5) is 0 Å². The van der Waals surface area contributed by atoms with Crippen LogP contribution in [0.25, 0.3) is 0 Å². The van der Waals surface area contributed by atoms with Gasteiger partial charge >= 0.3 is 0 Å². The van der Waals surface area contributed by atoms with Gasteiger partial charge in [0.2, 0.25) is 15.9 Å². The molecule has 7 nitrogen and oxygen atoms in total. The average Bonchev–Trinajstić information content (AvgIpc) is 2.44. The summed E-state index contributed by atoms with van der Waals surface area (Å²) in [6, 6.07) is 7.66. The number of rotatable bonds is 7. The van der Waals surface area contributed by atoms with Gasteiger partial charge in [-0.05, 0) is 19.1 Å². The third kappa shape index (κ3) is 5.25. The quantitative estimate of drug-likeness (QED) is 0.506. The minimum Gasteiger partial charge on any atom is -0.393 e. The first kappa shape index (κ1) is 16.6. The maximum atomic E-state index is 11.8. The van der Waals surface area contributed by atoms with E-state index < -0.39 is 34.7 Å². The number of aliphatic hydroxyl groups excluding tert-OH is 1. The van der Waals surface area contributed by atoms with Crippen molar-refractivity contribution in [3.63, 3.8) is 0 Å². The lowest BCUT2D eigenvalue weighted by atomic mass is 10.1. The van der Waals surface area contributed by atoms with Gasteiger partial charge in [0.1, 0.15) is 5.60 Å². The first-order valence-corrected chi connectivity index (χ1v) is 7.40. The molecule has 0 radical (unpaired) electrons. The molecular weight excluding hydrogens is 284 g/mol. The number of hydrogen-bond donors (Lipinski definition) is 4. The Morgan fingerprint density at radius 1 is 1.30 bits per heavy atom. The molecule has 0 bridgehead atoms. The Morgan fingerprint density at radius 2 is 1.90 bits per heavy atom. The van der Waals surface area contributed by atoms with E-state index in [-0.39, 0.29) is 11.4 Å². The van der Waals surface area contributed by atoms with Crippen LogP contribution >= 0.6 is 0 Å². The normalized spacial score (nSPS) is 14.6. The van der Waals surface area contributed by atoms with E-state index >= 15 is 0 Å². The van der Waals surface area contributed by atoms with Gasteiger partial charge in [-0.15, -0.1) is 0 Å². The van der Waals surface area contributed by atoms with E-state index in [0.29, 0.717) is 0 Å². The fourth-order valence-corrected chi connectivity index (χ4v) is 2.25. The lowest BCUT2D eigenvalue weighted by Crippen LogP contribution is -2.46. The summed E-state index contributed by atoms with van der Waals surface area (Å²) in [6.45, 7) is 0.221. The van der Waals surface area contributed by atoms with E-state index in [9.17, 15) is 18.3 Å². The molecule has 20 heavy (non-hydrogen) atoms. The third-order valence-electron chi connectivity index (χ3n) is 2.48. The van der Waals surface area contributed by atoms with Gasteiger partial charge in [0.05, 0.1) is 18.0 Å². The van der Waals surface area contributed by atoms with Crippen LogP contribution in [-0.4, -0.2) is 49.8 Å². The van der Waals surface area contributed by atoms with Crippen molar-refractivity contribution in [1.29, 1.82) is 0 Å². The molecule has 1 rings (SSSR count). The van der Waals surface area contributed by atoms with Crippen molar-refractivity contribution in [1.82, 2.24) is 10.0 Å². The Balaban J connectivity index is 2.49. The maximum absolute atomic E-state index is 11.8.